The van der Waals surface area contributed by atoms with E-state index in [2.05, 4.69) is 0 Å². The van der Waals surface area contributed by atoms with Gasteiger partial charge in [0.1, 0.15) is 0 Å². The van der Waals surface area contributed by atoms with E-state index in [1.54, 1.807) is 18.2 Å². The Morgan fingerprint density at radius 2 is 1.64 bits per heavy atom. The Morgan fingerprint density at radius 1 is 1.18 bits per heavy atom. The van der Waals surface area contributed by atoms with E-state index in [4.69, 9.17) is 0 Å². The van der Waals surface area contributed by atoms with Gasteiger partial charge in [-0.2, -0.15) is 13.5 Å². The van der Waals surface area contributed by atoms with Gasteiger partial charge in [-0.3, -0.25) is 10.1 Å². The maximum atomic E-state index is 10.0. The van der Waals surface area contributed by atoms with Gasteiger partial charge in [-0.1, -0.05) is 18.2 Å². The van der Waals surface area contributed by atoms with E-state index in [0.717, 1.165) is 0 Å². The van der Waals surface area contributed by atoms with Crippen molar-refractivity contribution in [2.75, 3.05) is 0 Å². The Hall–Kier alpha value is -0.0300. The van der Waals surface area contributed by atoms with Crippen LogP contribution in [0.5, 0.6) is 0 Å². The molecule has 1 aromatic rings. The molecule has 0 aliphatic heterocycles. The quantitative estimate of drug-likeness (QED) is 0.371. The Morgan fingerprint density at radius 3 is 1.91 bits per heavy atom. The van der Waals surface area contributed by atoms with Crippen molar-refractivity contribution in [3.63, 3.8) is 0 Å². The Kier molecular flexibility index (Phi) is 8.21. The number of hydrogen-bond acceptors (Lipinski definition) is 2. The first kappa shape index (κ1) is 13.6. The second-order valence-corrected chi connectivity index (χ2v) is 1.59. The summed E-state index contributed by atoms with van der Waals surface area (Å²) in [7, 11) is 0. The molecule has 1 radical (unpaired) electrons. The normalized spacial score (nSPS) is 7.27. The first-order valence-corrected chi connectivity index (χ1v) is 2.50. The molecule has 11 heavy (non-hydrogen) atoms. The van der Waals surface area contributed by atoms with Crippen LogP contribution in [0.4, 0.5) is 5.69 Å². The molecule has 55 valence electrons. The average molecular weight is 180 g/mol. The van der Waals surface area contributed by atoms with Crippen LogP contribution in [0.25, 0.3) is 0 Å². The molecule has 3 nitrogen and oxygen atoms in total. The molecule has 0 aromatic heterocycles. The monoisotopic (exact) mass is 180 g/mol. The second-order valence-electron chi connectivity index (χ2n) is 1.59. The summed E-state index contributed by atoms with van der Waals surface area (Å²) in [5.74, 6) is 0. The molecule has 0 amide bonds. The molecular weight excluding hydrogens is 173 g/mol. The largest absolute Gasteiger partial charge is 0.269 e. The number of rotatable bonds is 1. The van der Waals surface area contributed by atoms with Gasteiger partial charge in [0.2, 0.25) is 0 Å². The van der Waals surface area contributed by atoms with Gasteiger partial charge in [-0.05, 0) is 0 Å². The van der Waals surface area contributed by atoms with Crippen molar-refractivity contribution in [2.24, 2.45) is 0 Å². The van der Waals surface area contributed by atoms with Crippen LogP contribution >= 0.6 is 13.5 Å². The van der Waals surface area contributed by atoms with Crippen LogP contribution in [0.2, 0.25) is 0 Å². The van der Waals surface area contributed by atoms with E-state index in [0.29, 0.717) is 0 Å². The minimum absolute atomic E-state index is 0. The van der Waals surface area contributed by atoms with Gasteiger partial charge >= 0.3 is 0 Å². The van der Waals surface area contributed by atoms with Gasteiger partial charge in [0.25, 0.3) is 5.69 Å². The topological polar surface area (TPSA) is 43.1 Å². The number of nitro groups is 1. The third-order valence-corrected chi connectivity index (χ3v) is 0.967. The predicted octanol–water partition coefficient (Wildman–Crippen LogP) is 1.33. The maximum Gasteiger partial charge on any atom is 0.269 e. The smallest absolute Gasteiger partial charge is 0.258 e. The van der Waals surface area contributed by atoms with Crippen molar-refractivity contribution in [1.82, 2.24) is 0 Å². The van der Waals surface area contributed by atoms with Gasteiger partial charge in [-0.25, -0.2) is 0 Å². The fourth-order valence-electron chi connectivity index (χ4n) is 0.550. The van der Waals surface area contributed by atoms with Gasteiger partial charge in [-0.15, -0.1) is 0 Å². The number of benzene rings is 1. The zero-order valence-electron chi connectivity index (χ0n) is 6.15. The molecule has 0 spiro atoms. The summed E-state index contributed by atoms with van der Waals surface area (Å²) in [5, 5.41) is 10.0. The van der Waals surface area contributed by atoms with Gasteiger partial charge in [0, 0.05) is 41.7 Å². The van der Waals surface area contributed by atoms with E-state index >= 15 is 0 Å². The number of nitro benzene ring substituents is 1. The van der Waals surface area contributed by atoms with Crippen LogP contribution in [0, 0.1) is 10.1 Å². The molecule has 0 saturated heterocycles. The van der Waals surface area contributed by atoms with Crippen LogP contribution in [-0.4, -0.2) is 34.5 Å². The number of para-hydroxylation sites is 1. The van der Waals surface area contributed by atoms with Crippen molar-refractivity contribution in [2.45, 2.75) is 0 Å². The van der Waals surface area contributed by atoms with E-state index in [9.17, 15) is 10.1 Å². The van der Waals surface area contributed by atoms with Crippen molar-refractivity contribution >= 4 is 48.7 Å². The van der Waals surface area contributed by atoms with Crippen LogP contribution < -0.4 is 0 Å². The number of nitrogens with zero attached hydrogens (tertiary/aromatic N) is 1. The van der Waals surface area contributed by atoms with Crippen molar-refractivity contribution < 1.29 is 4.92 Å². The molecule has 0 saturated carbocycles. The molecule has 5 heteroatoms. The SMILES string of the molecule is O=[N+]([O-])c1ccccc1.S.[Na]. The van der Waals surface area contributed by atoms with Gasteiger partial charge < -0.3 is 0 Å². The fourth-order valence-corrected chi connectivity index (χ4v) is 0.550. The third kappa shape index (κ3) is 4.42. The minimum Gasteiger partial charge on any atom is -0.258 e. The minimum atomic E-state index is -0.417. The van der Waals surface area contributed by atoms with Crippen LogP contribution in [0.3, 0.4) is 0 Å². The van der Waals surface area contributed by atoms with Gasteiger partial charge in [0.15, 0.2) is 0 Å². The molecule has 0 bridgehead atoms. The molecule has 0 aliphatic rings. The maximum absolute atomic E-state index is 10.0. The Bertz CT molecular complexity index is 217. The molecule has 0 atom stereocenters. The third-order valence-electron chi connectivity index (χ3n) is 0.967. The molecular formula is C6H7NNaO2S. The van der Waals surface area contributed by atoms with E-state index in [-0.39, 0.29) is 48.7 Å². The molecule has 0 heterocycles. The fraction of sp³-hybridized carbons (Fsp3) is 0. The summed E-state index contributed by atoms with van der Waals surface area (Å²) < 4.78 is 0. The molecule has 0 fully saturated rings. The summed E-state index contributed by atoms with van der Waals surface area (Å²) in [4.78, 5) is 9.59. The zero-order valence-corrected chi connectivity index (χ0v) is 9.15. The van der Waals surface area contributed by atoms with Crippen molar-refractivity contribution in [3.8, 4) is 0 Å². The summed E-state index contributed by atoms with van der Waals surface area (Å²) in [6.07, 6.45) is 0. The summed E-state index contributed by atoms with van der Waals surface area (Å²) in [5.41, 5.74) is 0.137. The number of hydrogen-bond donors (Lipinski definition) is 0. The van der Waals surface area contributed by atoms with Crippen LogP contribution in [-0.2, 0) is 0 Å². The van der Waals surface area contributed by atoms with Crippen molar-refractivity contribution in [3.05, 3.63) is 40.4 Å². The van der Waals surface area contributed by atoms with E-state index < -0.39 is 4.92 Å². The van der Waals surface area contributed by atoms with E-state index in [1.165, 1.54) is 12.1 Å². The molecule has 0 N–H and O–H groups in total. The predicted molar refractivity (Wildman–Crippen MR) is 49.2 cm³/mol. The molecule has 1 rings (SSSR count). The molecule has 1 aromatic carbocycles. The zero-order chi connectivity index (χ0) is 6.69. The summed E-state index contributed by atoms with van der Waals surface area (Å²) in [6.45, 7) is 0. The van der Waals surface area contributed by atoms with E-state index in [1.807, 2.05) is 0 Å². The number of non-ortho nitro benzene ring substituents is 1. The summed E-state index contributed by atoms with van der Waals surface area (Å²) >= 11 is 0. The molecule has 0 aliphatic carbocycles. The first-order chi connectivity index (χ1) is 4.30. The average Bonchev–Trinajstić information content (AvgIpc) is 1.90. The Balaban J connectivity index is 0. The van der Waals surface area contributed by atoms with Crippen LogP contribution in [0.1, 0.15) is 0 Å². The summed E-state index contributed by atoms with van der Waals surface area (Å²) in [6, 6.07) is 7.93. The standard InChI is InChI=1S/C6H5NO2.Na.H2S/c8-7(9)6-4-2-1-3-5-6;;/h1-5H;;1H2. The van der Waals surface area contributed by atoms with Crippen LogP contribution in [0.15, 0.2) is 30.3 Å². The molecule has 0 unspecified atom stereocenters. The first-order valence-electron chi connectivity index (χ1n) is 2.50. The van der Waals surface area contributed by atoms with Gasteiger partial charge in [0.05, 0.1) is 4.92 Å². The van der Waals surface area contributed by atoms with Crippen molar-refractivity contribution in [1.29, 1.82) is 0 Å². The second kappa shape index (κ2) is 6.67. The Labute approximate surface area is 93.7 Å².